The van der Waals surface area contributed by atoms with E-state index in [-0.39, 0.29) is 29.9 Å². The molecule has 4 rings (SSSR count). The normalized spacial score (nSPS) is 11.8. The van der Waals surface area contributed by atoms with Crippen molar-refractivity contribution in [2.24, 2.45) is 0 Å². The molecule has 1 aromatic carbocycles. The molecule has 150 valence electrons. The molecule has 0 saturated heterocycles. The number of nitrogen functional groups attached to an aromatic ring is 1. The highest BCUT2D eigenvalue weighted by Gasteiger charge is 2.31. The minimum absolute atomic E-state index is 0.0259. The topological polar surface area (TPSA) is 99.0 Å². The lowest BCUT2D eigenvalue weighted by Gasteiger charge is -2.11. The molecule has 11 heteroatoms. The Bertz CT molecular complexity index is 1160. The molecule has 29 heavy (non-hydrogen) atoms. The molecule has 4 aromatic rings. The molecule has 0 aliphatic heterocycles. The van der Waals surface area contributed by atoms with Gasteiger partial charge in [0.25, 0.3) is 11.8 Å². The third-order valence-corrected chi connectivity index (χ3v) is 5.02. The molecule has 3 heterocycles. The van der Waals surface area contributed by atoms with Crippen molar-refractivity contribution in [3.63, 3.8) is 0 Å². The SMILES string of the molecule is Nc1cccc2c1cc(-c1nc(CNC(=O)c3cccs3)no1)n2CC(F)(F)F. The van der Waals surface area contributed by atoms with E-state index in [4.69, 9.17) is 10.3 Å². The molecule has 0 aliphatic carbocycles. The molecular weight excluding hydrogens is 407 g/mol. The summed E-state index contributed by atoms with van der Waals surface area (Å²) in [5, 5.41) is 8.61. The lowest BCUT2D eigenvalue weighted by atomic mass is 10.2. The Hall–Kier alpha value is -3.34. The smallest absolute Gasteiger partial charge is 0.398 e. The maximum atomic E-state index is 13.1. The zero-order chi connectivity index (χ0) is 20.6. The first-order chi connectivity index (χ1) is 13.8. The van der Waals surface area contributed by atoms with Crippen LogP contribution in [-0.4, -0.2) is 26.8 Å². The molecule has 0 fully saturated rings. The summed E-state index contributed by atoms with van der Waals surface area (Å²) in [6, 6.07) is 9.62. The summed E-state index contributed by atoms with van der Waals surface area (Å²) in [6.45, 7) is -1.26. The van der Waals surface area contributed by atoms with Gasteiger partial charge in [-0.2, -0.15) is 18.2 Å². The molecule has 0 atom stereocenters. The van der Waals surface area contributed by atoms with Crippen LogP contribution in [0.1, 0.15) is 15.5 Å². The molecule has 0 unspecified atom stereocenters. The monoisotopic (exact) mass is 421 g/mol. The van der Waals surface area contributed by atoms with Crippen molar-refractivity contribution in [3.05, 3.63) is 52.5 Å². The number of hydrogen-bond acceptors (Lipinski definition) is 6. The predicted octanol–water partition coefficient (Wildman–Crippen LogP) is 3.83. The van der Waals surface area contributed by atoms with Crippen LogP contribution in [0.5, 0.6) is 0 Å². The minimum atomic E-state index is -4.46. The number of hydrogen-bond donors (Lipinski definition) is 2. The number of amides is 1. The van der Waals surface area contributed by atoms with Gasteiger partial charge in [-0.25, -0.2) is 0 Å². The number of benzene rings is 1. The highest BCUT2D eigenvalue weighted by Crippen LogP contribution is 2.33. The van der Waals surface area contributed by atoms with Crippen molar-refractivity contribution >= 4 is 33.8 Å². The third-order valence-electron chi connectivity index (χ3n) is 4.16. The standard InChI is InChI=1S/C18H14F3N5O2S/c19-18(20,21)9-26-12-4-1-3-11(22)10(12)7-13(26)17-24-15(25-28-17)8-23-16(27)14-5-2-6-29-14/h1-7H,8-9,22H2,(H,23,27). The number of carbonyl (C=O) groups is 1. The van der Waals surface area contributed by atoms with E-state index in [0.717, 1.165) is 4.57 Å². The van der Waals surface area contributed by atoms with Crippen molar-refractivity contribution < 1.29 is 22.5 Å². The van der Waals surface area contributed by atoms with Gasteiger partial charge in [0.05, 0.1) is 16.9 Å². The van der Waals surface area contributed by atoms with Gasteiger partial charge in [-0.15, -0.1) is 11.3 Å². The first kappa shape index (κ1) is 19.0. The van der Waals surface area contributed by atoms with Gasteiger partial charge in [0.15, 0.2) is 5.82 Å². The highest BCUT2D eigenvalue weighted by molar-refractivity contribution is 7.12. The van der Waals surface area contributed by atoms with Gasteiger partial charge in [-0.3, -0.25) is 4.79 Å². The van der Waals surface area contributed by atoms with E-state index in [2.05, 4.69) is 15.5 Å². The maximum absolute atomic E-state index is 13.1. The lowest BCUT2D eigenvalue weighted by Crippen LogP contribution is -2.22. The van der Waals surface area contributed by atoms with Crippen molar-refractivity contribution in [1.29, 1.82) is 0 Å². The average molecular weight is 421 g/mol. The molecule has 3 N–H and O–H groups in total. The third kappa shape index (κ3) is 3.94. The fourth-order valence-corrected chi connectivity index (χ4v) is 3.56. The molecule has 0 saturated carbocycles. The van der Waals surface area contributed by atoms with E-state index in [0.29, 0.717) is 21.5 Å². The first-order valence-electron chi connectivity index (χ1n) is 8.41. The number of aromatic nitrogens is 3. The number of nitrogens with two attached hydrogens (primary N) is 1. The first-order valence-corrected chi connectivity index (χ1v) is 9.29. The fourth-order valence-electron chi connectivity index (χ4n) is 2.92. The van der Waals surface area contributed by atoms with Gasteiger partial charge >= 0.3 is 6.18 Å². The second-order valence-corrected chi connectivity index (χ2v) is 7.13. The zero-order valence-electron chi connectivity index (χ0n) is 14.7. The van der Waals surface area contributed by atoms with Gasteiger partial charge in [-0.1, -0.05) is 17.3 Å². The Morgan fingerprint density at radius 2 is 2.10 bits per heavy atom. The Kier molecular flexibility index (Phi) is 4.74. The summed E-state index contributed by atoms with van der Waals surface area (Å²) in [6.07, 6.45) is -4.46. The van der Waals surface area contributed by atoms with Gasteiger partial charge < -0.3 is 20.1 Å². The molecule has 1 amide bonds. The molecule has 0 aliphatic rings. The summed E-state index contributed by atoms with van der Waals surface area (Å²) in [5.41, 5.74) is 6.65. The highest BCUT2D eigenvalue weighted by atomic mass is 32.1. The Balaban J connectivity index is 1.64. The van der Waals surface area contributed by atoms with Gasteiger partial charge in [-0.05, 0) is 29.6 Å². The number of carbonyl (C=O) groups excluding carboxylic acids is 1. The van der Waals surface area contributed by atoms with E-state index < -0.39 is 12.7 Å². The van der Waals surface area contributed by atoms with Crippen molar-refractivity contribution in [2.75, 3.05) is 5.73 Å². The summed E-state index contributed by atoms with van der Waals surface area (Å²) in [5.74, 6) is -0.253. The molecule has 0 spiro atoms. The van der Waals surface area contributed by atoms with E-state index in [1.807, 2.05) is 0 Å². The van der Waals surface area contributed by atoms with Crippen LogP contribution in [0.3, 0.4) is 0 Å². The van der Waals surface area contributed by atoms with Crippen LogP contribution in [0.4, 0.5) is 18.9 Å². The fraction of sp³-hybridized carbons (Fsp3) is 0.167. The van der Waals surface area contributed by atoms with Gasteiger partial charge in [0.1, 0.15) is 12.2 Å². The number of nitrogens with one attached hydrogen (secondary N) is 1. The van der Waals surface area contributed by atoms with Crippen LogP contribution < -0.4 is 11.1 Å². The number of rotatable bonds is 5. The average Bonchev–Trinajstić information content (AvgIpc) is 3.39. The Morgan fingerprint density at radius 1 is 1.28 bits per heavy atom. The number of halogens is 3. The number of alkyl halides is 3. The molecule has 3 aromatic heterocycles. The molecule has 7 nitrogen and oxygen atoms in total. The summed E-state index contributed by atoms with van der Waals surface area (Å²) in [4.78, 5) is 16.6. The quantitative estimate of drug-likeness (QED) is 0.477. The van der Waals surface area contributed by atoms with Crippen LogP contribution in [0.15, 0.2) is 46.3 Å². The largest absolute Gasteiger partial charge is 0.406 e. The van der Waals surface area contributed by atoms with Crippen LogP contribution >= 0.6 is 11.3 Å². The maximum Gasteiger partial charge on any atom is 0.406 e. The van der Waals surface area contributed by atoms with E-state index in [1.54, 1.807) is 35.7 Å². The Morgan fingerprint density at radius 3 is 2.83 bits per heavy atom. The second-order valence-electron chi connectivity index (χ2n) is 6.19. The zero-order valence-corrected chi connectivity index (χ0v) is 15.5. The van der Waals surface area contributed by atoms with Crippen molar-refractivity contribution in [3.8, 4) is 11.6 Å². The van der Waals surface area contributed by atoms with Crippen LogP contribution in [0, 0.1) is 0 Å². The summed E-state index contributed by atoms with van der Waals surface area (Å²) in [7, 11) is 0. The predicted molar refractivity (Wildman–Crippen MR) is 101 cm³/mol. The van der Waals surface area contributed by atoms with E-state index in [9.17, 15) is 18.0 Å². The lowest BCUT2D eigenvalue weighted by molar-refractivity contribution is -0.139. The van der Waals surface area contributed by atoms with E-state index >= 15 is 0 Å². The Labute approximate surface area is 165 Å². The molecule has 0 radical (unpaired) electrons. The molecular formula is C18H14F3N5O2S. The van der Waals surface area contributed by atoms with Crippen LogP contribution in [0.2, 0.25) is 0 Å². The van der Waals surface area contributed by atoms with Crippen LogP contribution in [-0.2, 0) is 13.1 Å². The van der Waals surface area contributed by atoms with Crippen LogP contribution in [0.25, 0.3) is 22.5 Å². The second kappa shape index (κ2) is 7.24. The number of fused-ring (bicyclic) bond motifs is 1. The number of anilines is 1. The summed E-state index contributed by atoms with van der Waals surface area (Å²) < 4.78 is 45.6. The summed E-state index contributed by atoms with van der Waals surface area (Å²) >= 11 is 1.28. The van der Waals surface area contributed by atoms with Crippen molar-refractivity contribution in [2.45, 2.75) is 19.3 Å². The number of nitrogens with zero attached hydrogens (tertiary/aromatic N) is 3. The minimum Gasteiger partial charge on any atom is -0.398 e. The molecule has 0 bridgehead atoms. The van der Waals surface area contributed by atoms with Crippen molar-refractivity contribution in [1.82, 2.24) is 20.0 Å². The van der Waals surface area contributed by atoms with Gasteiger partial charge in [0.2, 0.25) is 0 Å². The number of thiophene rings is 1. The van der Waals surface area contributed by atoms with Gasteiger partial charge in [0, 0.05) is 11.1 Å². The van der Waals surface area contributed by atoms with E-state index in [1.165, 1.54) is 17.4 Å².